The van der Waals surface area contributed by atoms with Crippen molar-refractivity contribution in [2.75, 3.05) is 0 Å². The van der Waals surface area contributed by atoms with Crippen LogP contribution in [0.3, 0.4) is 0 Å². The number of pyridine rings is 1. The number of carbonyl (C=O) groups excluding carboxylic acids is 1. The second-order valence-electron chi connectivity index (χ2n) is 8.14. The van der Waals surface area contributed by atoms with Crippen molar-refractivity contribution in [2.24, 2.45) is 0 Å². The summed E-state index contributed by atoms with van der Waals surface area (Å²) >= 11 is 0. The fourth-order valence-corrected chi connectivity index (χ4v) is 3.93. The number of aromatic nitrogens is 3. The number of benzene rings is 1. The molecule has 3 heterocycles. The first-order valence-corrected chi connectivity index (χ1v) is 10.1. The summed E-state index contributed by atoms with van der Waals surface area (Å²) < 4.78 is 81.9. The van der Waals surface area contributed by atoms with Crippen LogP contribution in [0.1, 0.15) is 39.8 Å². The van der Waals surface area contributed by atoms with Crippen molar-refractivity contribution >= 4 is 5.91 Å². The van der Waals surface area contributed by atoms with Gasteiger partial charge in [-0.1, -0.05) is 0 Å². The van der Waals surface area contributed by atoms with Gasteiger partial charge in [-0.05, 0) is 49.7 Å². The summed E-state index contributed by atoms with van der Waals surface area (Å²) in [5, 5.41) is 0. The van der Waals surface area contributed by atoms with Crippen LogP contribution < -0.4 is 5.56 Å². The monoisotopic (exact) mass is 484 g/mol. The highest BCUT2D eigenvalue weighted by Gasteiger charge is 2.38. The summed E-state index contributed by atoms with van der Waals surface area (Å²) in [6.07, 6.45) is -6.90. The summed E-state index contributed by atoms with van der Waals surface area (Å²) in [6, 6.07) is 3.40. The van der Waals surface area contributed by atoms with E-state index in [1.807, 2.05) is 0 Å². The Kier molecular flexibility index (Phi) is 5.57. The highest BCUT2D eigenvalue weighted by Crippen LogP contribution is 2.37. The van der Waals surface area contributed by atoms with Crippen molar-refractivity contribution in [2.45, 2.75) is 45.3 Å². The minimum atomic E-state index is -4.99. The third-order valence-electron chi connectivity index (χ3n) is 5.60. The van der Waals surface area contributed by atoms with Gasteiger partial charge in [0.2, 0.25) is 0 Å². The number of rotatable bonds is 3. The van der Waals surface area contributed by atoms with E-state index in [4.69, 9.17) is 0 Å². The number of aryl methyl sites for hydroxylation is 1. The van der Waals surface area contributed by atoms with Crippen molar-refractivity contribution in [3.05, 3.63) is 81.3 Å². The van der Waals surface area contributed by atoms with Crippen LogP contribution in [-0.4, -0.2) is 31.0 Å². The standard InChI is InChI=1S/C22H18F6N4O2/c1-12-8-30(11-29-12)17-3-4-18-20(34)31(13(2)9-32(18)19(17)33)10-14-5-15(21(23,24)25)7-16(6-14)22(26,27)28/h3-8,11,13H,9-10H2,1-2H3. The van der Waals surface area contributed by atoms with Crippen molar-refractivity contribution < 1.29 is 31.1 Å². The molecule has 12 heteroatoms. The summed E-state index contributed by atoms with van der Waals surface area (Å²) in [4.78, 5) is 31.3. The second kappa shape index (κ2) is 8.03. The zero-order valence-electron chi connectivity index (χ0n) is 17.9. The smallest absolute Gasteiger partial charge is 0.329 e. The third kappa shape index (κ3) is 4.31. The zero-order chi connectivity index (χ0) is 25.0. The predicted molar refractivity (Wildman–Crippen MR) is 108 cm³/mol. The van der Waals surface area contributed by atoms with E-state index in [1.165, 1.54) is 27.6 Å². The van der Waals surface area contributed by atoms with E-state index in [2.05, 4.69) is 4.98 Å². The first-order chi connectivity index (χ1) is 15.8. The third-order valence-corrected chi connectivity index (χ3v) is 5.60. The molecule has 0 N–H and O–H groups in total. The Labute approximate surface area is 189 Å². The lowest BCUT2D eigenvalue weighted by molar-refractivity contribution is -0.143. The van der Waals surface area contributed by atoms with Crippen LogP contribution in [0, 0.1) is 6.92 Å². The maximum Gasteiger partial charge on any atom is 0.416 e. The van der Waals surface area contributed by atoms with Gasteiger partial charge in [-0.15, -0.1) is 0 Å². The van der Waals surface area contributed by atoms with E-state index in [9.17, 15) is 35.9 Å². The largest absolute Gasteiger partial charge is 0.416 e. The lowest BCUT2D eigenvalue weighted by Crippen LogP contribution is -2.49. The number of hydrogen-bond donors (Lipinski definition) is 0. The number of halogens is 6. The van der Waals surface area contributed by atoms with Gasteiger partial charge >= 0.3 is 12.4 Å². The normalized spacial score (nSPS) is 16.6. The molecular formula is C22H18F6N4O2. The average Bonchev–Trinajstić information content (AvgIpc) is 3.16. The molecule has 0 saturated heterocycles. The van der Waals surface area contributed by atoms with E-state index in [0.29, 0.717) is 17.8 Å². The highest BCUT2D eigenvalue weighted by molar-refractivity contribution is 5.93. The average molecular weight is 484 g/mol. The molecule has 1 aliphatic heterocycles. The van der Waals surface area contributed by atoms with Crippen LogP contribution >= 0.6 is 0 Å². The van der Waals surface area contributed by atoms with Crippen molar-refractivity contribution in [3.63, 3.8) is 0 Å². The molecule has 1 aromatic carbocycles. The van der Waals surface area contributed by atoms with Gasteiger partial charge in [-0.2, -0.15) is 26.3 Å². The molecule has 1 unspecified atom stereocenters. The number of hydrogen-bond acceptors (Lipinski definition) is 3. The molecule has 34 heavy (non-hydrogen) atoms. The van der Waals surface area contributed by atoms with Gasteiger partial charge in [-0.3, -0.25) is 9.59 Å². The van der Waals surface area contributed by atoms with Crippen molar-refractivity contribution in [1.82, 2.24) is 19.0 Å². The van der Waals surface area contributed by atoms with E-state index in [1.54, 1.807) is 20.0 Å². The Morgan fingerprint density at radius 1 is 1.00 bits per heavy atom. The lowest BCUT2D eigenvalue weighted by atomic mass is 10.0. The number of alkyl halides is 6. The molecule has 3 aromatic rings. The van der Waals surface area contributed by atoms with E-state index >= 15 is 0 Å². The Morgan fingerprint density at radius 2 is 1.62 bits per heavy atom. The lowest BCUT2D eigenvalue weighted by Gasteiger charge is -2.35. The first-order valence-electron chi connectivity index (χ1n) is 10.1. The number of imidazole rings is 1. The quantitative estimate of drug-likeness (QED) is 0.517. The van der Waals surface area contributed by atoms with Crippen LogP contribution in [0.25, 0.3) is 5.69 Å². The molecule has 0 fully saturated rings. The number of nitrogens with zero attached hydrogens (tertiary/aromatic N) is 4. The molecule has 1 amide bonds. The van der Waals surface area contributed by atoms with Crippen LogP contribution in [0.5, 0.6) is 0 Å². The fraction of sp³-hybridized carbons (Fsp3) is 0.318. The van der Waals surface area contributed by atoms with Crippen LogP contribution in [0.2, 0.25) is 0 Å². The molecule has 0 saturated carbocycles. The van der Waals surface area contributed by atoms with Gasteiger partial charge in [-0.25, -0.2) is 4.98 Å². The molecule has 1 atom stereocenters. The SMILES string of the molecule is Cc1cn(-c2ccc3n(c2=O)CC(C)N(Cc2cc(C(F)(F)F)cc(C(F)(F)F)c2)C3=O)cn1. The van der Waals surface area contributed by atoms with Gasteiger partial charge in [0.15, 0.2) is 0 Å². The molecule has 0 bridgehead atoms. The van der Waals surface area contributed by atoms with Gasteiger partial charge in [0, 0.05) is 25.3 Å². The van der Waals surface area contributed by atoms with Crippen LogP contribution in [-0.2, 0) is 25.4 Å². The van der Waals surface area contributed by atoms with Crippen molar-refractivity contribution in [3.8, 4) is 5.69 Å². The Hall–Kier alpha value is -3.57. The Bertz CT molecular complexity index is 1290. The van der Waals surface area contributed by atoms with Crippen LogP contribution in [0.4, 0.5) is 26.3 Å². The zero-order valence-corrected chi connectivity index (χ0v) is 17.9. The minimum absolute atomic E-state index is 0.00768. The minimum Gasteiger partial charge on any atom is -0.329 e. The topological polar surface area (TPSA) is 60.1 Å². The van der Waals surface area contributed by atoms with Gasteiger partial charge in [0.1, 0.15) is 11.4 Å². The molecule has 4 rings (SSSR count). The predicted octanol–water partition coefficient (Wildman–Crippen LogP) is 4.42. The maximum absolute atomic E-state index is 13.2. The van der Waals surface area contributed by atoms with Gasteiger partial charge < -0.3 is 14.0 Å². The second-order valence-corrected chi connectivity index (χ2v) is 8.14. The first kappa shape index (κ1) is 23.6. The van der Waals surface area contributed by atoms with E-state index in [0.717, 1.165) is 4.90 Å². The molecule has 180 valence electrons. The molecule has 0 radical (unpaired) electrons. The van der Waals surface area contributed by atoms with Gasteiger partial charge in [0.25, 0.3) is 11.5 Å². The number of fused-ring (bicyclic) bond motifs is 1. The Balaban J connectivity index is 1.71. The van der Waals surface area contributed by atoms with Crippen LogP contribution in [0.15, 0.2) is 47.7 Å². The molecule has 6 nitrogen and oxygen atoms in total. The highest BCUT2D eigenvalue weighted by atomic mass is 19.4. The van der Waals surface area contributed by atoms with Gasteiger partial charge in [0.05, 0.1) is 23.1 Å². The summed E-state index contributed by atoms with van der Waals surface area (Å²) in [5.41, 5.74) is -2.76. The Morgan fingerprint density at radius 3 is 2.15 bits per heavy atom. The maximum atomic E-state index is 13.2. The molecule has 0 spiro atoms. The molecule has 2 aromatic heterocycles. The van der Waals surface area contributed by atoms with E-state index in [-0.39, 0.29) is 29.6 Å². The summed E-state index contributed by atoms with van der Waals surface area (Å²) in [7, 11) is 0. The van der Waals surface area contributed by atoms with Crippen molar-refractivity contribution in [1.29, 1.82) is 0 Å². The molecule has 1 aliphatic rings. The van der Waals surface area contributed by atoms with E-state index < -0.39 is 47.5 Å². The summed E-state index contributed by atoms with van der Waals surface area (Å²) in [6.45, 7) is 2.85. The summed E-state index contributed by atoms with van der Waals surface area (Å²) in [5.74, 6) is -0.671. The number of carbonyl (C=O) groups is 1. The molecular weight excluding hydrogens is 466 g/mol. The fourth-order valence-electron chi connectivity index (χ4n) is 3.93. The molecule has 0 aliphatic carbocycles. The number of amides is 1.